The predicted octanol–water partition coefficient (Wildman–Crippen LogP) is 3.74. The van der Waals surface area contributed by atoms with Gasteiger partial charge in [-0.3, -0.25) is 0 Å². The Morgan fingerprint density at radius 1 is 1.21 bits per heavy atom. The first kappa shape index (κ1) is 21.2. The lowest BCUT2D eigenvalue weighted by molar-refractivity contribution is -0.161. The lowest BCUT2D eigenvalue weighted by Crippen LogP contribution is -2.49. The molecule has 0 radical (unpaired) electrons. The zero-order valence-electron chi connectivity index (χ0n) is 17.1. The Hall–Kier alpha value is -2.51. The standard InChI is InChI=1S/C22H29FN4O2/c1-4-15(2)16(3)20(29-12-17-8-6-5-7-9-17)22(28,13-23)19-11-10-18-21(24)25-14-26-27(18)19/h5-11,14-16,20,28H,4,12-13H2,1-3H3,(H2,24,25,26)/t15-,16+,20?,22?/m1/s1. The third-order valence-corrected chi connectivity index (χ3v) is 5.89. The quantitative estimate of drug-likeness (QED) is 0.572. The van der Waals surface area contributed by atoms with E-state index in [1.165, 1.54) is 10.8 Å². The van der Waals surface area contributed by atoms with Gasteiger partial charge in [-0.05, 0) is 29.5 Å². The van der Waals surface area contributed by atoms with Crippen molar-refractivity contribution in [3.8, 4) is 0 Å². The summed E-state index contributed by atoms with van der Waals surface area (Å²) in [4.78, 5) is 3.97. The van der Waals surface area contributed by atoms with Crippen molar-refractivity contribution in [3.63, 3.8) is 0 Å². The Labute approximate surface area is 170 Å². The van der Waals surface area contributed by atoms with Crippen LogP contribution in [0.3, 0.4) is 0 Å². The van der Waals surface area contributed by atoms with Gasteiger partial charge in [-0.25, -0.2) is 13.9 Å². The Morgan fingerprint density at radius 3 is 2.59 bits per heavy atom. The summed E-state index contributed by atoms with van der Waals surface area (Å²) >= 11 is 0. The Balaban J connectivity index is 2.03. The summed E-state index contributed by atoms with van der Waals surface area (Å²) in [6, 6.07) is 13.0. The lowest BCUT2D eigenvalue weighted by atomic mass is 9.79. The van der Waals surface area contributed by atoms with Gasteiger partial charge in [0.25, 0.3) is 0 Å². The number of rotatable bonds is 9. The van der Waals surface area contributed by atoms with Crippen LogP contribution >= 0.6 is 0 Å². The molecule has 0 saturated carbocycles. The van der Waals surface area contributed by atoms with E-state index in [4.69, 9.17) is 10.5 Å². The molecular formula is C22H29FN4O2. The highest BCUT2D eigenvalue weighted by atomic mass is 19.1. The van der Waals surface area contributed by atoms with Gasteiger partial charge in [-0.1, -0.05) is 57.5 Å². The molecule has 4 atom stereocenters. The molecule has 0 saturated heterocycles. The summed E-state index contributed by atoms with van der Waals surface area (Å²) in [5.74, 6) is 0.387. The Bertz CT molecular complexity index is 933. The summed E-state index contributed by atoms with van der Waals surface area (Å²) in [7, 11) is 0. The first-order valence-corrected chi connectivity index (χ1v) is 9.95. The molecule has 29 heavy (non-hydrogen) atoms. The molecule has 0 bridgehead atoms. The SMILES string of the molecule is CC[C@@H](C)[C@H](C)C(OCc1ccccc1)C(O)(CF)c1ccc2c(N)ncnn12. The van der Waals surface area contributed by atoms with Crippen molar-refractivity contribution in [2.75, 3.05) is 12.4 Å². The second kappa shape index (κ2) is 8.88. The second-order valence-electron chi connectivity index (χ2n) is 7.68. The lowest BCUT2D eigenvalue weighted by Gasteiger charge is -2.39. The van der Waals surface area contributed by atoms with Crippen molar-refractivity contribution in [2.45, 2.75) is 45.5 Å². The molecule has 7 heteroatoms. The van der Waals surface area contributed by atoms with Gasteiger partial charge < -0.3 is 15.6 Å². The van der Waals surface area contributed by atoms with Gasteiger partial charge in [-0.15, -0.1) is 0 Å². The largest absolute Gasteiger partial charge is 0.382 e. The average Bonchev–Trinajstić information content (AvgIpc) is 3.19. The number of nitrogens with two attached hydrogens (primary N) is 1. The van der Waals surface area contributed by atoms with Crippen LogP contribution in [0.25, 0.3) is 5.52 Å². The van der Waals surface area contributed by atoms with E-state index in [2.05, 4.69) is 23.9 Å². The van der Waals surface area contributed by atoms with Crippen LogP contribution in [0, 0.1) is 11.8 Å². The number of alkyl halides is 1. The number of hydrogen-bond donors (Lipinski definition) is 2. The molecule has 2 aromatic heterocycles. The second-order valence-corrected chi connectivity index (χ2v) is 7.68. The first-order chi connectivity index (χ1) is 13.9. The number of anilines is 1. The average molecular weight is 400 g/mol. The number of aliphatic hydroxyl groups is 1. The normalized spacial score (nSPS) is 17.0. The van der Waals surface area contributed by atoms with E-state index in [1.807, 2.05) is 37.3 Å². The number of aromatic nitrogens is 3. The van der Waals surface area contributed by atoms with E-state index in [1.54, 1.807) is 12.1 Å². The Morgan fingerprint density at radius 2 is 1.93 bits per heavy atom. The van der Waals surface area contributed by atoms with Gasteiger partial charge in [0.1, 0.15) is 18.5 Å². The Kier molecular flexibility index (Phi) is 6.49. The van der Waals surface area contributed by atoms with E-state index < -0.39 is 18.4 Å². The summed E-state index contributed by atoms with van der Waals surface area (Å²) in [6.45, 7) is 5.41. The summed E-state index contributed by atoms with van der Waals surface area (Å²) < 4.78 is 22.2. The van der Waals surface area contributed by atoms with Crippen LogP contribution in [-0.2, 0) is 16.9 Å². The summed E-state index contributed by atoms with van der Waals surface area (Å²) in [5.41, 5.74) is 5.82. The van der Waals surface area contributed by atoms with E-state index in [-0.39, 0.29) is 24.3 Å². The van der Waals surface area contributed by atoms with E-state index >= 15 is 0 Å². The smallest absolute Gasteiger partial charge is 0.161 e. The van der Waals surface area contributed by atoms with Crippen LogP contribution < -0.4 is 5.73 Å². The highest BCUT2D eigenvalue weighted by Crippen LogP contribution is 2.37. The molecule has 156 valence electrons. The number of halogens is 1. The molecule has 0 amide bonds. The van der Waals surface area contributed by atoms with Crippen LogP contribution in [0.1, 0.15) is 38.4 Å². The van der Waals surface area contributed by atoms with Crippen LogP contribution in [0.2, 0.25) is 0 Å². The van der Waals surface area contributed by atoms with Crippen molar-refractivity contribution in [3.05, 3.63) is 60.0 Å². The first-order valence-electron chi connectivity index (χ1n) is 9.95. The molecule has 6 nitrogen and oxygen atoms in total. The van der Waals surface area contributed by atoms with Gasteiger partial charge in [0, 0.05) is 0 Å². The maximum atomic E-state index is 14.5. The van der Waals surface area contributed by atoms with Gasteiger partial charge in [0.15, 0.2) is 11.4 Å². The number of fused-ring (bicyclic) bond motifs is 1. The van der Waals surface area contributed by atoms with Crippen molar-refractivity contribution in [1.29, 1.82) is 0 Å². The molecule has 0 aliphatic heterocycles. The van der Waals surface area contributed by atoms with Crippen molar-refractivity contribution < 1.29 is 14.2 Å². The molecule has 0 fully saturated rings. The minimum absolute atomic E-state index is 0.103. The van der Waals surface area contributed by atoms with E-state index in [0.29, 0.717) is 11.2 Å². The molecule has 1 aromatic carbocycles. The molecule has 0 aliphatic carbocycles. The van der Waals surface area contributed by atoms with Gasteiger partial charge in [-0.2, -0.15) is 5.10 Å². The van der Waals surface area contributed by atoms with E-state index in [0.717, 1.165) is 12.0 Å². The maximum Gasteiger partial charge on any atom is 0.161 e. The number of nitrogens with zero attached hydrogens (tertiary/aromatic N) is 3. The zero-order valence-corrected chi connectivity index (χ0v) is 17.1. The fourth-order valence-corrected chi connectivity index (χ4v) is 3.73. The van der Waals surface area contributed by atoms with Gasteiger partial charge in [0.2, 0.25) is 0 Å². The van der Waals surface area contributed by atoms with Gasteiger partial charge >= 0.3 is 0 Å². The van der Waals surface area contributed by atoms with Crippen molar-refractivity contribution in [2.24, 2.45) is 11.8 Å². The number of benzene rings is 1. The molecule has 3 N–H and O–H groups in total. The van der Waals surface area contributed by atoms with Crippen LogP contribution in [0.5, 0.6) is 0 Å². The molecule has 2 unspecified atom stereocenters. The molecule has 3 aromatic rings. The van der Waals surface area contributed by atoms with Crippen LogP contribution in [0.4, 0.5) is 10.2 Å². The highest BCUT2D eigenvalue weighted by Gasteiger charge is 2.46. The number of hydrogen-bond acceptors (Lipinski definition) is 5. The summed E-state index contributed by atoms with van der Waals surface area (Å²) in [5, 5.41) is 15.8. The highest BCUT2D eigenvalue weighted by molar-refractivity contribution is 5.65. The predicted molar refractivity (Wildman–Crippen MR) is 111 cm³/mol. The third kappa shape index (κ3) is 4.11. The van der Waals surface area contributed by atoms with E-state index in [9.17, 15) is 9.50 Å². The topological polar surface area (TPSA) is 85.7 Å². The number of ether oxygens (including phenoxy) is 1. The minimum Gasteiger partial charge on any atom is -0.382 e. The maximum absolute atomic E-state index is 14.5. The third-order valence-electron chi connectivity index (χ3n) is 5.89. The van der Waals surface area contributed by atoms with Crippen molar-refractivity contribution in [1.82, 2.24) is 14.6 Å². The fraction of sp³-hybridized carbons (Fsp3) is 0.455. The molecule has 0 aliphatic rings. The minimum atomic E-state index is -1.88. The zero-order chi connectivity index (χ0) is 21.0. The molecular weight excluding hydrogens is 371 g/mol. The molecule has 3 rings (SSSR count). The number of nitrogen functional groups attached to an aromatic ring is 1. The van der Waals surface area contributed by atoms with Gasteiger partial charge in [0.05, 0.1) is 18.4 Å². The molecule has 0 spiro atoms. The molecule has 2 heterocycles. The van der Waals surface area contributed by atoms with Crippen LogP contribution in [-0.4, -0.2) is 32.5 Å². The van der Waals surface area contributed by atoms with Crippen molar-refractivity contribution >= 4 is 11.3 Å². The monoisotopic (exact) mass is 400 g/mol. The van der Waals surface area contributed by atoms with Crippen LogP contribution in [0.15, 0.2) is 48.8 Å². The fourth-order valence-electron chi connectivity index (χ4n) is 3.73. The summed E-state index contributed by atoms with van der Waals surface area (Å²) in [6.07, 6.45) is 1.40.